The molecule has 0 fully saturated rings. The Bertz CT molecular complexity index is 1710. The Hall–Kier alpha value is -4.97. The predicted octanol–water partition coefficient (Wildman–Crippen LogP) is 7.06. The van der Waals surface area contributed by atoms with Crippen LogP contribution < -0.4 is 4.74 Å². The number of aldehydes is 1. The normalized spacial score (nSPS) is 11.3. The molecule has 6 rings (SSSR count). The summed E-state index contributed by atoms with van der Waals surface area (Å²) in [7, 11) is 0. The van der Waals surface area contributed by atoms with Crippen molar-refractivity contribution < 1.29 is 19.0 Å². The zero-order valence-electron chi connectivity index (χ0n) is 20.3. The first kappa shape index (κ1) is 23.4. The Morgan fingerprint density at radius 2 is 1.53 bits per heavy atom. The van der Waals surface area contributed by atoms with E-state index in [9.17, 15) is 14.3 Å². The average Bonchev–Trinajstić information content (AvgIpc) is 3.28. The van der Waals surface area contributed by atoms with E-state index in [-0.39, 0.29) is 18.2 Å². The summed E-state index contributed by atoms with van der Waals surface area (Å²) in [5.74, 6) is -0.0103. The van der Waals surface area contributed by atoms with Gasteiger partial charge in [0.25, 0.3) is 0 Å². The Balaban J connectivity index is 1.59. The lowest BCUT2D eigenvalue weighted by Crippen LogP contribution is -2.10. The second kappa shape index (κ2) is 9.82. The van der Waals surface area contributed by atoms with Crippen molar-refractivity contribution in [3.63, 3.8) is 0 Å². The van der Waals surface area contributed by atoms with Crippen LogP contribution in [0.15, 0.2) is 109 Å². The second-order valence-electron chi connectivity index (χ2n) is 9.08. The summed E-state index contributed by atoms with van der Waals surface area (Å²) in [6, 6.07) is 29.3. The number of ether oxygens (including phenoxy) is 1. The molecule has 2 aromatic heterocycles. The minimum Gasteiger partial charge on any atom is -0.494 e. The summed E-state index contributed by atoms with van der Waals surface area (Å²) in [5, 5.41) is 13.1. The van der Waals surface area contributed by atoms with E-state index in [0.717, 1.165) is 23.0 Å². The van der Waals surface area contributed by atoms with Crippen LogP contribution in [0.4, 0.5) is 4.39 Å². The van der Waals surface area contributed by atoms with Crippen molar-refractivity contribution in [1.82, 2.24) is 9.55 Å². The maximum Gasteiger partial charge on any atom is 0.203 e. The van der Waals surface area contributed by atoms with Crippen LogP contribution in [-0.4, -0.2) is 20.9 Å². The fraction of sp³-hybridized carbons (Fsp3) is 0.0625. The van der Waals surface area contributed by atoms with E-state index < -0.39 is 6.10 Å². The minimum atomic E-state index is -0.493. The first-order valence-corrected chi connectivity index (χ1v) is 12.2. The van der Waals surface area contributed by atoms with Crippen molar-refractivity contribution in [2.24, 2.45) is 0 Å². The average molecular weight is 503 g/mol. The first-order chi connectivity index (χ1) is 18.6. The number of aromatic hydroxyl groups is 1. The third-order valence-corrected chi connectivity index (χ3v) is 6.70. The number of rotatable bonds is 7. The van der Waals surface area contributed by atoms with Gasteiger partial charge in [-0.15, -0.1) is 0 Å². The molecule has 0 amide bonds. The van der Waals surface area contributed by atoms with E-state index in [1.165, 1.54) is 12.1 Å². The van der Waals surface area contributed by atoms with E-state index in [1.54, 1.807) is 35.2 Å². The molecule has 0 radical (unpaired) electrons. The van der Waals surface area contributed by atoms with Crippen LogP contribution in [0.3, 0.4) is 0 Å². The number of halogens is 1. The second-order valence-corrected chi connectivity index (χ2v) is 9.08. The maximum absolute atomic E-state index is 13.5. The van der Waals surface area contributed by atoms with Gasteiger partial charge in [-0.25, -0.2) is 4.39 Å². The Morgan fingerprint density at radius 1 is 0.868 bits per heavy atom. The summed E-state index contributed by atoms with van der Waals surface area (Å²) < 4.78 is 21.9. The first-order valence-electron chi connectivity index (χ1n) is 12.2. The quantitative estimate of drug-likeness (QED) is 0.237. The molecule has 6 aromatic rings. The van der Waals surface area contributed by atoms with Gasteiger partial charge in [0.1, 0.15) is 17.4 Å². The predicted molar refractivity (Wildman–Crippen MR) is 145 cm³/mol. The van der Waals surface area contributed by atoms with Gasteiger partial charge in [0.15, 0.2) is 12.0 Å². The van der Waals surface area contributed by atoms with Gasteiger partial charge < -0.3 is 14.4 Å². The monoisotopic (exact) mass is 502 g/mol. The molecule has 1 N–H and O–H groups in total. The molecule has 0 aliphatic carbocycles. The van der Waals surface area contributed by atoms with Crippen molar-refractivity contribution >= 4 is 28.0 Å². The van der Waals surface area contributed by atoms with Crippen molar-refractivity contribution in [2.45, 2.75) is 12.6 Å². The highest BCUT2D eigenvalue weighted by Crippen LogP contribution is 2.45. The van der Waals surface area contributed by atoms with Crippen molar-refractivity contribution in [3.8, 4) is 11.6 Å². The summed E-state index contributed by atoms with van der Waals surface area (Å²) in [5.41, 5.74) is 3.56. The molecule has 0 spiro atoms. The smallest absolute Gasteiger partial charge is 0.203 e. The number of carbonyl (C=O) groups excluding carboxylic acids is 1. The van der Waals surface area contributed by atoms with Gasteiger partial charge in [-0.05, 0) is 34.9 Å². The molecular weight excluding hydrogens is 479 g/mol. The van der Waals surface area contributed by atoms with Gasteiger partial charge in [0.05, 0.1) is 11.9 Å². The van der Waals surface area contributed by atoms with Crippen molar-refractivity contribution in [1.29, 1.82) is 0 Å². The lowest BCUT2D eigenvalue weighted by Gasteiger charge is -2.22. The number of hydrogen-bond acceptors (Lipinski definition) is 4. The van der Waals surface area contributed by atoms with Crippen LogP contribution in [0.25, 0.3) is 21.7 Å². The lowest BCUT2D eigenvalue weighted by molar-refractivity contribution is 0.112. The summed E-state index contributed by atoms with van der Waals surface area (Å²) in [4.78, 5) is 16.9. The molecule has 5 nitrogen and oxygen atoms in total. The molecule has 186 valence electrons. The van der Waals surface area contributed by atoms with Gasteiger partial charge >= 0.3 is 0 Å². The third-order valence-electron chi connectivity index (χ3n) is 6.70. The number of benzene rings is 4. The zero-order chi connectivity index (χ0) is 26.1. The van der Waals surface area contributed by atoms with Crippen LogP contribution >= 0.6 is 0 Å². The molecule has 6 heteroatoms. The topological polar surface area (TPSA) is 64.3 Å². The molecule has 0 aliphatic heterocycles. The van der Waals surface area contributed by atoms with Crippen LogP contribution in [0.5, 0.6) is 11.6 Å². The Labute approximate surface area is 218 Å². The van der Waals surface area contributed by atoms with Crippen molar-refractivity contribution in [3.05, 3.63) is 138 Å². The maximum atomic E-state index is 13.5. The number of carbonyl (C=O) groups is 1. The molecule has 4 aromatic carbocycles. The van der Waals surface area contributed by atoms with Crippen LogP contribution in [0.2, 0.25) is 0 Å². The molecule has 0 atom stereocenters. The highest BCUT2D eigenvalue weighted by molar-refractivity contribution is 6.16. The molecule has 0 bridgehead atoms. The molecule has 0 saturated heterocycles. The fourth-order valence-corrected chi connectivity index (χ4v) is 4.89. The molecule has 2 heterocycles. The summed E-state index contributed by atoms with van der Waals surface area (Å²) in [6.45, 7) is 0.281. The lowest BCUT2D eigenvalue weighted by atomic mass is 9.99. The Morgan fingerprint density at radius 3 is 2.16 bits per heavy atom. The van der Waals surface area contributed by atoms with E-state index in [4.69, 9.17) is 4.74 Å². The zero-order valence-corrected chi connectivity index (χ0v) is 20.3. The van der Waals surface area contributed by atoms with Crippen LogP contribution in [0, 0.1) is 5.82 Å². The Kier molecular flexibility index (Phi) is 6.06. The standard InChI is InChI=1S/C32H23FN2O3/c33-24-15-13-21(14-16-24)18-35-19-26-27(20-36)25-12-7-17-34-29(25)31(28(26)32(35)37)38-30(22-8-3-1-4-9-22)23-10-5-2-6-11-23/h1-17,19-20,30,37H,18H2. The van der Waals surface area contributed by atoms with E-state index in [2.05, 4.69) is 4.98 Å². The highest BCUT2D eigenvalue weighted by atomic mass is 19.1. The van der Waals surface area contributed by atoms with Crippen LogP contribution in [-0.2, 0) is 6.54 Å². The third kappa shape index (κ3) is 4.16. The fourth-order valence-electron chi connectivity index (χ4n) is 4.89. The van der Waals surface area contributed by atoms with E-state index >= 15 is 0 Å². The number of hydrogen-bond donors (Lipinski definition) is 1. The van der Waals surface area contributed by atoms with Gasteiger partial charge in [0.2, 0.25) is 5.88 Å². The summed E-state index contributed by atoms with van der Waals surface area (Å²) in [6.07, 6.45) is 3.66. The molecule has 0 saturated carbocycles. The molecule has 38 heavy (non-hydrogen) atoms. The highest BCUT2D eigenvalue weighted by Gasteiger charge is 2.26. The minimum absolute atomic E-state index is 0.0603. The molecular formula is C32H23FN2O3. The number of pyridine rings is 1. The van der Waals surface area contributed by atoms with E-state index in [0.29, 0.717) is 33.0 Å². The van der Waals surface area contributed by atoms with Gasteiger partial charge in [-0.3, -0.25) is 9.78 Å². The van der Waals surface area contributed by atoms with Gasteiger partial charge in [-0.2, -0.15) is 0 Å². The van der Waals surface area contributed by atoms with Gasteiger partial charge in [0, 0.05) is 28.7 Å². The number of fused-ring (bicyclic) bond motifs is 2. The van der Waals surface area contributed by atoms with Crippen molar-refractivity contribution in [2.75, 3.05) is 0 Å². The number of aromatic nitrogens is 2. The number of nitrogens with zero attached hydrogens (tertiary/aromatic N) is 2. The largest absolute Gasteiger partial charge is 0.494 e. The van der Waals surface area contributed by atoms with E-state index in [1.807, 2.05) is 66.7 Å². The summed E-state index contributed by atoms with van der Waals surface area (Å²) >= 11 is 0. The molecule has 0 unspecified atom stereocenters. The molecule has 0 aliphatic rings. The van der Waals surface area contributed by atoms with Gasteiger partial charge in [-0.1, -0.05) is 78.9 Å². The SMILES string of the molecule is O=Cc1c2cccnc2c(OC(c2ccccc2)c2ccccc2)c2c(O)n(Cc3ccc(F)cc3)cc12. The van der Waals surface area contributed by atoms with Crippen LogP contribution in [0.1, 0.15) is 33.2 Å².